The smallest absolute Gasteiger partial charge is 0.310 e. The van der Waals surface area contributed by atoms with Crippen molar-refractivity contribution >= 4 is 21.9 Å². The number of primary sulfonamides is 1. The fourth-order valence-electron chi connectivity index (χ4n) is 3.17. The van der Waals surface area contributed by atoms with Crippen molar-refractivity contribution in [2.45, 2.75) is 37.6 Å². The predicted molar refractivity (Wildman–Crippen MR) is 100 cm³/mol. The van der Waals surface area contributed by atoms with Gasteiger partial charge in [0, 0.05) is 6.54 Å². The molecule has 2 rings (SSSR count). The summed E-state index contributed by atoms with van der Waals surface area (Å²) in [5, 5.41) is 7.98. The van der Waals surface area contributed by atoms with Gasteiger partial charge in [-0.2, -0.15) is 0 Å². The molecule has 0 saturated carbocycles. The van der Waals surface area contributed by atoms with Crippen LogP contribution in [0.5, 0.6) is 0 Å². The molecule has 0 unspecified atom stereocenters. The third kappa shape index (κ3) is 6.30. The summed E-state index contributed by atoms with van der Waals surface area (Å²) in [4.78, 5) is 26.2. The number of nitrogens with zero attached hydrogens (tertiary/aromatic N) is 1. The van der Waals surface area contributed by atoms with E-state index < -0.39 is 10.0 Å². The van der Waals surface area contributed by atoms with Gasteiger partial charge in [-0.1, -0.05) is 12.1 Å². The molecule has 1 aromatic rings. The second kappa shape index (κ2) is 9.29. The van der Waals surface area contributed by atoms with E-state index in [9.17, 15) is 18.0 Å². The highest BCUT2D eigenvalue weighted by molar-refractivity contribution is 7.89. The number of esters is 1. The van der Waals surface area contributed by atoms with E-state index in [1.165, 1.54) is 12.1 Å². The van der Waals surface area contributed by atoms with Crippen molar-refractivity contribution in [2.24, 2.45) is 11.1 Å². The number of hydrogen-bond donors (Lipinski definition) is 2. The fraction of sp³-hybridized carbons (Fsp3) is 0.556. The first-order chi connectivity index (χ1) is 12.7. The predicted octanol–water partition coefficient (Wildman–Crippen LogP) is 0.786. The molecule has 0 aromatic heterocycles. The number of hydrogen-bond acceptors (Lipinski definition) is 6. The Morgan fingerprint density at radius 1 is 1.33 bits per heavy atom. The number of carbonyl (C=O) groups excluding carboxylic acids is 2. The minimum absolute atomic E-state index is 0.0306. The summed E-state index contributed by atoms with van der Waals surface area (Å²) in [6.07, 6.45) is 1.63. The Labute approximate surface area is 160 Å². The fourth-order valence-corrected chi connectivity index (χ4v) is 3.69. The molecule has 150 valence electrons. The lowest BCUT2D eigenvalue weighted by Gasteiger charge is -2.31. The van der Waals surface area contributed by atoms with E-state index in [1.54, 1.807) is 19.1 Å². The lowest BCUT2D eigenvalue weighted by Crippen LogP contribution is -2.45. The van der Waals surface area contributed by atoms with Crippen molar-refractivity contribution in [3.63, 3.8) is 0 Å². The van der Waals surface area contributed by atoms with Gasteiger partial charge in [-0.3, -0.25) is 14.5 Å². The van der Waals surface area contributed by atoms with Crippen molar-refractivity contribution in [1.82, 2.24) is 10.2 Å². The lowest BCUT2D eigenvalue weighted by atomic mass is 9.98. The molecule has 3 N–H and O–H groups in total. The molecule has 1 heterocycles. The summed E-state index contributed by atoms with van der Waals surface area (Å²) in [5.41, 5.74) is 0.777. The standard InChI is InChI=1S/C18H27N3O5S/c1-3-26-18(23)15-5-4-10-21(11-15)12-17(22)20-13(2)14-6-8-16(9-7-14)27(19,24)25/h6-9,13,15H,3-5,10-12H2,1-2H3,(H,20,22)(H2,19,24,25)/t13-,15-/m0/s1. The Balaban J connectivity index is 1.88. The molecule has 1 fully saturated rings. The number of ether oxygens (including phenoxy) is 1. The highest BCUT2D eigenvalue weighted by Crippen LogP contribution is 2.18. The Bertz CT molecular complexity index is 764. The zero-order valence-electron chi connectivity index (χ0n) is 15.7. The first-order valence-electron chi connectivity index (χ1n) is 9.01. The highest BCUT2D eigenvalue weighted by atomic mass is 32.2. The van der Waals surface area contributed by atoms with Crippen LogP contribution in [0.4, 0.5) is 0 Å². The van der Waals surface area contributed by atoms with Crippen molar-refractivity contribution < 1.29 is 22.7 Å². The molecule has 2 atom stereocenters. The molecule has 1 aromatic carbocycles. The van der Waals surface area contributed by atoms with Crippen LogP contribution in [0.3, 0.4) is 0 Å². The van der Waals surface area contributed by atoms with Gasteiger partial charge in [0.05, 0.1) is 30.0 Å². The van der Waals surface area contributed by atoms with E-state index in [4.69, 9.17) is 9.88 Å². The summed E-state index contributed by atoms with van der Waals surface area (Å²) in [6, 6.07) is 5.81. The van der Waals surface area contributed by atoms with Crippen molar-refractivity contribution in [1.29, 1.82) is 0 Å². The van der Waals surface area contributed by atoms with Crippen LogP contribution in [0.1, 0.15) is 38.3 Å². The maximum atomic E-state index is 12.3. The molecule has 0 aliphatic carbocycles. The summed E-state index contributed by atoms with van der Waals surface area (Å²) in [5.74, 6) is -0.539. The Morgan fingerprint density at radius 2 is 2.00 bits per heavy atom. The van der Waals surface area contributed by atoms with Crippen molar-refractivity contribution in [3.8, 4) is 0 Å². The molecular weight excluding hydrogens is 370 g/mol. The average Bonchev–Trinajstić information content (AvgIpc) is 2.61. The van der Waals surface area contributed by atoms with E-state index in [-0.39, 0.29) is 35.3 Å². The van der Waals surface area contributed by atoms with Crippen LogP contribution in [0.2, 0.25) is 0 Å². The van der Waals surface area contributed by atoms with Gasteiger partial charge in [-0.15, -0.1) is 0 Å². The number of rotatable bonds is 7. The van der Waals surface area contributed by atoms with Gasteiger partial charge < -0.3 is 10.1 Å². The quantitative estimate of drug-likeness (QED) is 0.657. The number of nitrogens with two attached hydrogens (primary N) is 1. The van der Waals surface area contributed by atoms with Crippen LogP contribution in [0.15, 0.2) is 29.2 Å². The number of amides is 1. The monoisotopic (exact) mass is 397 g/mol. The molecule has 1 saturated heterocycles. The number of piperidine rings is 1. The topological polar surface area (TPSA) is 119 Å². The third-order valence-electron chi connectivity index (χ3n) is 4.58. The molecule has 0 bridgehead atoms. The number of benzene rings is 1. The lowest BCUT2D eigenvalue weighted by molar-refractivity contribution is -0.150. The normalized spacial score (nSPS) is 19.3. The van der Waals surface area contributed by atoms with Gasteiger partial charge in [0.1, 0.15) is 0 Å². The third-order valence-corrected chi connectivity index (χ3v) is 5.51. The van der Waals surface area contributed by atoms with Crippen molar-refractivity contribution in [2.75, 3.05) is 26.2 Å². The number of carbonyl (C=O) groups is 2. The maximum Gasteiger partial charge on any atom is 0.310 e. The number of sulfonamides is 1. The van der Waals surface area contributed by atoms with Crippen LogP contribution in [-0.2, 0) is 24.3 Å². The number of likely N-dealkylation sites (tertiary alicyclic amines) is 1. The second-order valence-corrected chi connectivity index (χ2v) is 8.29. The van der Waals surface area contributed by atoms with E-state index in [1.807, 2.05) is 11.8 Å². The largest absolute Gasteiger partial charge is 0.466 e. The maximum absolute atomic E-state index is 12.3. The zero-order chi connectivity index (χ0) is 20.0. The van der Waals surface area contributed by atoms with Crippen LogP contribution >= 0.6 is 0 Å². The van der Waals surface area contributed by atoms with Gasteiger partial charge in [0.2, 0.25) is 15.9 Å². The number of nitrogens with one attached hydrogen (secondary N) is 1. The van der Waals surface area contributed by atoms with Crippen LogP contribution < -0.4 is 10.5 Å². The molecule has 0 radical (unpaired) electrons. The van der Waals surface area contributed by atoms with E-state index in [0.717, 1.165) is 24.9 Å². The minimum Gasteiger partial charge on any atom is -0.466 e. The Kier molecular flexibility index (Phi) is 7.34. The molecule has 0 spiro atoms. The van der Waals surface area contributed by atoms with E-state index in [2.05, 4.69) is 5.32 Å². The molecule has 1 amide bonds. The average molecular weight is 397 g/mol. The molecule has 1 aliphatic heterocycles. The first kappa shape index (κ1) is 21.3. The van der Waals surface area contributed by atoms with Gasteiger partial charge in [0.25, 0.3) is 0 Å². The minimum atomic E-state index is -3.74. The van der Waals surface area contributed by atoms with E-state index in [0.29, 0.717) is 13.2 Å². The SMILES string of the molecule is CCOC(=O)[C@H]1CCCN(CC(=O)N[C@@H](C)c2ccc(S(N)(=O)=O)cc2)C1. The Morgan fingerprint density at radius 3 is 2.59 bits per heavy atom. The second-order valence-electron chi connectivity index (χ2n) is 6.73. The van der Waals surface area contributed by atoms with Crippen molar-refractivity contribution in [3.05, 3.63) is 29.8 Å². The zero-order valence-corrected chi connectivity index (χ0v) is 16.5. The van der Waals surface area contributed by atoms with Gasteiger partial charge >= 0.3 is 5.97 Å². The molecule has 8 nitrogen and oxygen atoms in total. The van der Waals surface area contributed by atoms with Crippen LogP contribution in [0, 0.1) is 5.92 Å². The summed E-state index contributed by atoms with van der Waals surface area (Å²) in [7, 11) is -3.74. The van der Waals surface area contributed by atoms with Gasteiger partial charge in [-0.25, -0.2) is 13.6 Å². The van der Waals surface area contributed by atoms with E-state index >= 15 is 0 Å². The molecule has 9 heteroatoms. The van der Waals surface area contributed by atoms with Gasteiger partial charge in [-0.05, 0) is 50.9 Å². The Hall–Kier alpha value is -1.97. The molecule has 27 heavy (non-hydrogen) atoms. The highest BCUT2D eigenvalue weighted by Gasteiger charge is 2.28. The molecule has 1 aliphatic rings. The van der Waals surface area contributed by atoms with Crippen LogP contribution in [0.25, 0.3) is 0 Å². The summed E-state index contributed by atoms with van der Waals surface area (Å²) in [6.45, 7) is 5.45. The van der Waals surface area contributed by atoms with Gasteiger partial charge in [0.15, 0.2) is 0 Å². The molecular formula is C18H27N3O5S. The van der Waals surface area contributed by atoms with Crippen LogP contribution in [-0.4, -0.2) is 51.4 Å². The summed E-state index contributed by atoms with van der Waals surface area (Å²) >= 11 is 0. The first-order valence-corrected chi connectivity index (χ1v) is 10.6. The summed E-state index contributed by atoms with van der Waals surface area (Å²) < 4.78 is 27.7.